The van der Waals surface area contributed by atoms with E-state index in [1.807, 2.05) is 42.6 Å². The zero-order valence-electron chi connectivity index (χ0n) is 22.4. The maximum atomic E-state index is 9.15. The van der Waals surface area contributed by atoms with Gasteiger partial charge in [0.15, 0.2) is 11.5 Å². The molecule has 8 heteroatoms. The van der Waals surface area contributed by atoms with Crippen molar-refractivity contribution in [1.29, 1.82) is 0 Å². The van der Waals surface area contributed by atoms with Crippen LogP contribution in [-0.2, 0) is 11.3 Å². The molecule has 2 aromatic carbocycles. The van der Waals surface area contributed by atoms with Crippen molar-refractivity contribution >= 4 is 27.5 Å². The van der Waals surface area contributed by atoms with Gasteiger partial charge in [0.05, 0.1) is 24.8 Å². The van der Waals surface area contributed by atoms with Crippen LogP contribution in [0.1, 0.15) is 37.7 Å². The van der Waals surface area contributed by atoms with E-state index in [4.69, 9.17) is 24.3 Å². The molecule has 1 aliphatic carbocycles. The van der Waals surface area contributed by atoms with Crippen molar-refractivity contribution in [3.8, 4) is 11.5 Å². The number of nitrogens with one attached hydrogen (secondary N) is 2. The van der Waals surface area contributed by atoms with Crippen LogP contribution >= 0.6 is 0 Å². The molecule has 206 valence electrons. The Bertz CT molecular complexity index is 1340. The van der Waals surface area contributed by atoms with Crippen LogP contribution in [0.5, 0.6) is 11.5 Å². The number of benzene rings is 2. The van der Waals surface area contributed by atoms with E-state index >= 15 is 0 Å². The van der Waals surface area contributed by atoms with E-state index in [2.05, 4.69) is 27.8 Å². The van der Waals surface area contributed by atoms with E-state index in [9.17, 15) is 0 Å². The average Bonchev–Trinajstić information content (AvgIpc) is 2.95. The van der Waals surface area contributed by atoms with Crippen LogP contribution in [0.25, 0.3) is 21.7 Å². The van der Waals surface area contributed by atoms with Gasteiger partial charge in [0, 0.05) is 48.2 Å². The van der Waals surface area contributed by atoms with Crippen LogP contribution in [0.2, 0.25) is 0 Å². The topological polar surface area (TPSA) is 97.8 Å². The molecule has 0 unspecified atom stereocenters. The maximum absolute atomic E-state index is 9.15. The first-order chi connectivity index (χ1) is 19.3. The molecular weight excluding hydrogens is 492 g/mol. The molecule has 1 aliphatic rings. The molecule has 8 nitrogen and oxygen atoms in total. The number of fused-ring (bicyclic) bond motifs is 3. The van der Waals surface area contributed by atoms with Gasteiger partial charge in [0.25, 0.3) is 0 Å². The Morgan fingerprint density at radius 3 is 2.69 bits per heavy atom. The number of para-hydroxylation sites is 1. The number of aromatic nitrogens is 2. The van der Waals surface area contributed by atoms with E-state index < -0.39 is 0 Å². The highest BCUT2D eigenvalue weighted by Crippen LogP contribution is 2.33. The number of rotatable bonds is 16. The number of hydrogen-bond donors (Lipinski definition) is 3. The van der Waals surface area contributed by atoms with Gasteiger partial charge in [0.2, 0.25) is 0 Å². The largest absolute Gasteiger partial charge is 0.487 e. The molecule has 1 saturated carbocycles. The fourth-order valence-corrected chi connectivity index (χ4v) is 4.66. The van der Waals surface area contributed by atoms with Crippen LogP contribution in [0.4, 0.5) is 5.82 Å². The first-order valence-electron chi connectivity index (χ1n) is 14.0. The predicted molar refractivity (Wildman–Crippen MR) is 155 cm³/mol. The Morgan fingerprint density at radius 2 is 1.82 bits per heavy atom. The van der Waals surface area contributed by atoms with Gasteiger partial charge in [0.1, 0.15) is 12.4 Å². The number of aliphatic hydroxyl groups excluding tert-OH is 1. The molecule has 2 heterocycles. The first kappa shape index (κ1) is 27.1. The van der Waals surface area contributed by atoms with Gasteiger partial charge in [-0.2, -0.15) is 0 Å². The van der Waals surface area contributed by atoms with Crippen LogP contribution < -0.4 is 20.1 Å². The summed E-state index contributed by atoms with van der Waals surface area (Å²) in [6.07, 6.45) is 9.44. The number of ether oxygens (including phenoxy) is 3. The summed E-state index contributed by atoms with van der Waals surface area (Å²) in [6, 6.07) is 16.2. The van der Waals surface area contributed by atoms with Crippen molar-refractivity contribution in [3.05, 3.63) is 66.5 Å². The number of aliphatic hydroxyl groups is 1. The van der Waals surface area contributed by atoms with Crippen molar-refractivity contribution in [3.63, 3.8) is 0 Å². The average molecular weight is 531 g/mol. The second-order valence-electron chi connectivity index (χ2n) is 9.85. The van der Waals surface area contributed by atoms with Crippen LogP contribution in [0.3, 0.4) is 0 Å². The molecule has 1 fully saturated rings. The van der Waals surface area contributed by atoms with Crippen molar-refractivity contribution in [2.75, 3.05) is 44.8 Å². The van der Waals surface area contributed by atoms with Crippen LogP contribution in [-0.4, -0.2) is 60.7 Å². The predicted octanol–water partition coefficient (Wildman–Crippen LogP) is 5.08. The zero-order valence-corrected chi connectivity index (χ0v) is 22.4. The lowest BCUT2D eigenvalue weighted by Crippen LogP contribution is -2.25. The van der Waals surface area contributed by atoms with Gasteiger partial charge in [-0.1, -0.05) is 24.3 Å². The molecule has 0 spiro atoms. The van der Waals surface area contributed by atoms with E-state index in [1.165, 1.54) is 6.42 Å². The van der Waals surface area contributed by atoms with Crippen molar-refractivity contribution in [2.24, 2.45) is 0 Å². The van der Waals surface area contributed by atoms with Gasteiger partial charge >= 0.3 is 0 Å². The van der Waals surface area contributed by atoms with Gasteiger partial charge in [-0.05, 0) is 68.5 Å². The van der Waals surface area contributed by atoms with Gasteiger partial charge in [-0.3, -0.25) is 4.98 Å². The summed E-state index contributed by atoms with van der Waals surface area (Å²) >= 11 is 0. The minimum absolute atomic E-state index is 0.0154. The quantitative estimate of drug-likeness (QED) is 0.136. The number of hydrogen-bond acceptors (Lipinski definition) is 8. The van der Waals surface area contributed by atoms with Crippen molar-refractivity contribution < 1.29 is 19.3 Å². The summed E-state index contributed by atoms with van der Waals surface area (Å²) in [5, 5.41) is 19.4. The normalized spacial score (nSPS) is 13.5. The number of anilines is 1. The number of pyridine rings is 2. The molecule has 39 heavy (non-hydrogen) atoms. The minimum Gasteiger partial charge on any atom is -0.487 e. The summed E-state index contributed by atoms with van der Waals surface area (Å²) < 4.78 is 17.6. The molecule has 4 aromatic rings. The lowest BCUT2D eigenvalue weighted by atomic mass is 9.96. The third-order valence-corrected chi connectivity index (χ3v) is 6.97. The lowest BCUT2D eigenvalue weighted by molar-refractivity contribution is 0.112. The van der Waals surface area contributed by atoms with E-state index in [0.717, 1.165) is 84.2 Å². The van der Waals surface area contributed by atoms with Crippen LogP contribution in [0, 0.1) is 0 Å². The second-order valence-corrected chi connectivity index (χ2v) is 9.85. The monoisotopic (exact) mass is 530 g/mol. The van der Waals surface area contributed by atoms with E-state index in [-0.39, 0.29) is 19.3 Å². The van der Waals surface area contributed by atoms with Crippen LogP contribution in [0.15, 0.2) is 60.9 Å². The third-order valence-electron chi connectivity index (χ3n) is 6.97. The Hall–Kier alpha value is -3.46. The Labute approximate surface area is 229 Å². The molecular formula is C31H38N4O4. The molecule has 2 aromatic heterocycles. The SMILES string of the molecule is OCCOc1cc(CNCCCCOCCNc2nc3ccccc3c3cnccc23)ccc1OC1CCC1. The van der Waals surface area contributed by atoms with E-state index in [1.54, 1.807) is 6.20 Å². The molecule has 5 rings (SSSR count). The van der Waals surface area contributed by atoms with Crippen molar-refractivity contribution in [1.82, 2.24) is 15.3 Å². The maximum Gasteiger partial charge on any atom is 0.161 e. The van der Waals surface area contributed by atoms with E-state index in [0.29, 0.717) is 18.9 Å². The Kier molecular flexibility index (Phi) is 9.79. The molecule has 0 radical (unpaired) electrons. The third kappa shape index (κ3) is 7.35. The second kappa shape index (κ2) is 14.1. The minimum atomic E-state index is -0.0154. The summed E-state index contributed by atoms with van der Waals surface area (Å²) in [5.41, 5.74) is 2.09. The fraction of sp³-hybridized carbons (Fsp3) is 0.419. The number of nitrogens with zero attached hydrogens (tertiary/aromatic N) is 2. The first-order valence-corrected chi connectivity index (χ1v) is 14.0. The summed E-state index contributed by atoms with van der Waals surface area (Å²) in [7, 11) is 0. The highest BCUT2D eigenvalue weighted by molar-refractivity contribution is 6.09. The summed E-state index contributed by atoms with van der Waals surface area (Å²) in [5.74, 6) is 2.34. The number of unbranched alkanes of at least 4 members (excludes halogenated alkanes) is 1. The standard InChI is InChI=1S/C31H38N4O4/c36-16-19-38-30-20-23(10-11-29(30)39-24-6-5-7-24)21-32-13-3-4-17-37-18-15-34-31-26-12-14-33-22-27(26)25-8-1-2-9-28(25)35-31/h1-2,8-12,14,20,22,24,32,36H,3-7,13,15-19,21H2,(H,34,35). The summed E-state index contributed by atoms with van der Waals surface area (Å²) in [6.45, 7) is 3.97. The Balaban J connectivity index is 0.984. The molecule has 0 amide bonds. The summed E-state index contributed by atoms with van der Waals surface area (Å²) in [4.78, 5) is 9.11. The highest BCUT2D eigenvalue weighted by Gasteiger charge is 2.21. The smallest absolute Gasteiger partial charge is 0.161 e. The molecule has 3 N–H and O–H groups in total. The highest BCUT2D eigenvalue weighted by atomic mass is 16.5. The zero-order chi connectivity index (χ0) is 26.7. The Morgan fingerprint density at radius 1 is 0.897 bits per heavy atom. The molecule has 0 bridgehead atoms. The lowest BCUT2D eigenvalue weighted by Gasteiger charge is -2.27. The molecule has 0 atom stereocenters. The van der Waals surface area contributed by atoms with Gasteiger partial charge in [-0.15, -0.1) is 0 Å². The fourth-order valence-electron chi connectivity index (χ4n) is 4.66. The molecule has 0 aliphatic heterocycles. The van der Waals surface area contributed by atoms with Gasteiger partial charge in [-0.25, -0.2) is 4.98 Å². The molecule has 0 saturated heterocycles. The van der Waals surface area contributed by atoms with Crippen molar-refractivity contribution in [2.45, 2.75) is 44.8 Å². The van der Waals surface area contributed by atoms with Gasteiger partial charge < -0.3 is 30.0 Å².